The van der Waals surface area contributed by atoms with E-state index in [4.69, 9.17) is 35.3 Å². The van der Waals surface area contributed by atoms with Crippen molar-refractivity contribution >= 4 is 53.8 Å². The van der Waals surface area contributed by atoms with Crippen LogP contribution in [-0.2, 0) is 39.8 Å². The molecule has 3 aliphatic rings. The zero-order valence-corrected chi connectivity index (χ0v) is 31.4. The third kappa shape index (κ3) is 8.42. The monoisotopic (exact) mass is 737 g/mol. The van der Waals surface area contributed by atoms with Gasteiger partial charge >= 0.3 is 12.1 Å². The maximum absolute atomic E-state index is 14.0. The van der Waals surface area contributed by atoms with Crippen LogP contribution in [0, 0.1) is 5.92 Å². The first-order chi connectivity index (χ1) is 23.5. The third-order valence-electron chi connectivity index (χ3n) is 9.85. The summed E-state index contributed by atoms with van der Waals surface area (Å²) in [4.78, 5) is 55.6. The number of allylic oxidation sites excluding steroid dienone is 3. The van der Waals surface area contributed by atoms with Crippen molar-refractivity contribution in [3.8, 4) is 5.75 Å². The number of amides is 3. The van der Waals surface area contributed by atoms with Gasteiger partial charge in [0.2, 0.25) is 11.8 Å². The number of carbonyl (C=O) groups excluding carboxylic acids is 4. The molecule has 2 N–H and O–H groups in total. The molecule has 0 radical (unpaired) electrons. The number of methoxy groups -OCH3 is 2. The molecule has 0 aromatic heterocycles. The number of rotatable bonds is 7. The molecular formula is C35H48ClN3O10S. The van der Waals surface area contributed by atoms with E-state index in [9.17, 15) is 24.3 Å². The molecule has 0 spiro atoms. The van der Waals surface area contributed by atoms with E-state index in [-0.39, 0.29) is 30.2 Å². The van der Waals surface area contributed by atoms with Crippen LogP contribution in [0.2, 0.25) is 5.02 Å². The molecule has 50 heavy (non-hydrogen) atoms. The SMILES string of the molecule is COc1cc2cc(c1Cl)N(C)C(=O)CC(OC(=O)[C@H](C)N(C)C(=O)CCS)C1(C)OC1C(C)C1CC(O)(NC(=O)O1)C(OC)/C=C/C=C(\C)C2. The molecule has 276 valence electrons. The van der Waals surface area contributed by atoms with Crippen LogP contribution in [0.15, 0.2) is 35.9 Å². The predicted octanol–water partition coefficient (Wildman–Crippen LogP) is 3.83. The fraction of sp³-hybridized carbons (Fsp3) is 0.600. The van der Waals surface area contributed by atoms with Gasteiger partial charge in [-0.25, -0.2) is 9.59 Å². The second-order valence-corrected chi connectivity index (χ2v) is 14.2. The first kappa shape index (κ1) is 39.5. The summed E-state index contributed by atoms with van der Waals surface area (Å²) >= 11 is 10.8. The molecule has 2 fully saturated rings. The number of epoxide rings is 1. The van der Waals surface area contributed by atoms with E-state index >= 15 is 0 Å². The molecule has 0 saturated carbocycles. The molecule has 3 amide bonds. The molecule has 8 atom stereocenters. The molecule has 13 nitrogen and oxygen atoms in total. The maximum atomic E-state index is 14.0. The number of fused-ring (bicyclic) bond motifs is 5. The largest absolute Gasteiger partial charge is 0.495 e. The Labute approximate surface area is 303 Å². The van der Waals surface area contributed by atoms with Crippen molar-refractivity contribution in [2.45, 2.75) is 95.2 Å². The fourth-order valence-electron chi connectivity index (χ4n) is 6.49. The van der Waals surface area contributed by atoms with Gasteiger partial charge in [-0.05, 0) is 50.6 Å². The Morgan fingerprint density at radius 3 is 2.62 bits per heavy atom. The average Bonchev–Trinajstić information content (AvgIpc) is 3.76. The molecule has 2 saturated heterocycles. The van der Waals surface area contributed by atoms with Crippen molar-refractivity contribution in [2.75, 3.05) is 39.0 Å². The number of alkyl carbamates (subject to hydrolysis) is 1. The summed E-state index contributed by atoms with van der Waals surface area (Å²) < 4.78 is 29.0. The normalized spacial score (nSPS) is 32.3. The van der Waals surface area contributed by atoms with E-state index < -0.39 is 65.7 Å². The lowest BCUT2D eigenvalue weighted by atomic mass is 9.83. The van der Waals surface area contributed by atoms with Crippen molar-refractivity contribution in [1.29, 1.82) is 0 Å². The summed E-state index contributed by atoms with van der Waals surface area (Å²) in [6.45, 7) is 6.96. The molecule has 1 aromatic rings. The van der Waals surface area contributed by atoms with Crippen LogP contribution >= 0.6 is 24.2 Å². The second kappa shape index (κ2) is 15.9. The Kier molecular flexibility index (Phi) is 12.6. The minimum Gasteiger partial charge on any atom is -0.495 e. The first-order valence-corrected chi connectivity index (χ1v) is 17.5. The summed E-state index contributed by atoms with van der Waals surface area (Å²) in [7, 11) is 5.98. The molecule has 1 aromatic carbocycles. The molecular weight excluding hydrogens is 690 g/mol. The van der Waals surface area contributed by atoms with Crippen LogP contribution in [0.3, 0.4) is 0 Å². The molecule has 15 heteroatoms. The Hall–Kier alpha value is -3.30. The number of hydrogen-bond donors (Lipinski definition) is 3. The smallest absolute Gasteiger partial charge is 0.409 e. The van der Waals surface area contributed by atoms with E-state index in [1.807, 2.05) is 13.0 Å². The van der Waals surface area contributed by atoms with Crippen molar-refractivity contribution in [3.63, 3.8) is 0 Å². The number of benzene rings is 1. The van der Waals surface area contributed by atoms with E-state index in [0.717, 1.165) is 11.1 Å². The lowest BCUT2D eigenvalue weighted by Gasteiger charge is -2.42. The highest BCUT2D eigenvalue weighted by Crippen LogP contribution is 2.49. The van der Waals surface area contributed by atoms with Crippen molar-refractivity contribution in [3.05, 3.63) is 46.5 Å². The zero-order chi connectivity index (χ0) is 37.1. The van der Waals surface area contributed by atoms with Gasteiger partial charge in [0, 0.05) is 40.0 Å². The number of ether oxygens (including phenoxy) is 5. The first-order valence-electron chi connectivity index (χ1n) is 16.4. The molecule has 4 bridgehead atoms. The molecule has 3 aliphatic heterocycles. The summed E-state index contributed by atoms with van der Waals surface area (Å²) in [6.07, 6.45) is 1.08. The molecule has 0 aliphatic carbocycles. The summed E-state index contributed by atoms with van der Waals surface area (Å²) in [5, 5.41) is 14.4. The van der Waals surface area contributed by atoms with Gasteiger partial charge in [0.15, 0.2) is 5.72 Å². The van der Waals surface area contributed by atoms with E-state index in [0.29, 0.717) is 23.6 Å². The van der Waals surface area contributed by atoms with Gasteiger partial charge < -0.3 is 38.6 Å². The van der Waals surface area contributed by atoms with Gasteiger partial charge in [0.1, 0.15) is 40.7 Å². The Morgan fingerprint density at radius 1 is 1.28 bits per heavy atom. The summed E-state index contributed by atoms with van der Waals surface area (Å²) in [6, 6.07) is 2.60. The Bertz CT molecular complexity index is 1540. The van der Waals surface area contributed by atoms with Gasteiger partial charge in [-0.2, -0.15) is 12.6 Å². The second-order valence-electron chi connectivity index (χ2n) is 13.4. The average molecular weight is 738 g/mol. The third-order valence-corrected chi connectivity index (χ3v) is 10.5. The minimum atomic E-state index is -1.82. The fourth-order valence-corrected chi connectivity index (χ4v) is 6.99. The number of anilines is 1. The van der Waals surface area contributed by atoms with Gasteiger partial charge in [-0.3, -0.25) is 14.9 Å². The Balaban J connectivity index is 1.78. The number of carbonyl (C=O) groups is 4. The van der Waals surface area contributed by atoms with Gasteiger partial charge in [-0.1, -0.05) is 42.3 Å². The molecule has 3 heterocycles. The number of likely N-dealkylation sites (N-methyl/N-ethyl adjacent to an activating group) is 1. The van der Waals surface area contributed by atoms with Crippen LogP contribution in [-0.4, -0.2) is 110 Å². The highest BCUT2D eigenvalue weighted by Gasteiger charge is 2.64. The van der Waals surface area contributed by atoms with Crippen LogP contribution < -0.4 is 15.0 Å². The molecule has 7 unspecified atom stereocenters. The topological polar surface area (TPSA) is 156 Å². The van der Waals surface area contributed by atoms with Crippen LogP contribution in [0.1, 0.15) is 52.5 Å². The number of aliphatic hydroxyl groups is 1. The van der Waals surface area contributed by atoms with E-state index in [2.05, 4.69) is 17.9 Å². The standard InChI is InChI=1S/C35H48ClN3O10S/c1-19-10-9-11-26(46-8)35(44)18-25(47-33(43)37-35)20(2)31-34(4,49-31)27(48-32(42)21(3)38(5)28(40)12-13-50)17-29(41)39(6)23-15-22(14-19)16-24(45-7)30(23)36/h9-11,15-16,20-21,25-27,31,44,50H,12-14,17-18H2,1-8H3,(H,37,43)/b11-9+,19-10+/t20?,21-,25?,26?,27?,31?,34?,35?/m0/s1. The van der Waals surface area contributed by atoms with E-state index in [1.54, 1.807) is 45.2 Å². The minimum absolute atomic E-state index is 0.0489. The lowest BCUT2D eigenvalue weighted by Crippen LogP contribution is -2.63. The molecule has 4 rings (SSSR count). The Morgan fingerprint density at radius 2 is 1.98 bits per heavy atom. The summed E-state index contributed by atoms with van der Waals surface area (Å²) in [5.74, 6) is -1.30. The number of hydrogen-bond acceptors (Lipinski definition) is 11. The number of thiol groups is 1. The lowest BCUT2D eigenvalue weighted by molar-refractivity contribution is -0.161. The quantitative estimate of drug-likeness (QED) is 0.214. The van der Waals surface area contributed by atoms with Crippen LogP contribution in [0.5, 0.6) is 5.75 Å². The predicted molar refractivity (Wildman–Crippen MR) is 189 cm³/mol. The maximum Gasteiger partial charge on any atom is 0.409 e. The highest BCUT2D eigenvalue weighted by molar-refractivity contribution is 7.80. The van der Waals surface area contributed by atoms with Crippen molar-refractivity contribution in [1.82, 2.24) is 10.2 Å². The van der Waals surface area contributed by atoms with E-state index in [1.165, 1.54) is 38.0 Å². The highest BCUT2D eigenvalue weighted by atomic mass is 35.5. The van der Waals surface area contributed by atoms with Gasteiger partial charge in [-0.15, -0.1) is 0 Å². The number of nitrogens with one attached hydrogen (secondary N) is 1. The van der Waals surface area contributed by atoms with Crippen LogP contribution in [0.25, 0.3) is 0 Å². The van der Waals surface area contributed by atoms with Crippen molar-refractivity contribution < 1.29 is 48.0 Å². The number of nitrogens with zero attached hydrogens (tertiary/aromatic N) is 2. The van der Waals surface area contributed by atoms with Crippen LogP contribution in [0.4, 0.5) is 10.5 Å². The zero-order valence-electron chi connectivity index (χ0n) is 29.7. The van der Waals surface area contributed by atoms with Gasteiger partial charge in [0.05, 0.1) is 25.3 Å². The van der Waals surface area contributed by atoms with Crippen molar-refractivity contribution in [2.24, 2.45) is 5.92 Å². The number of halogens is 1. The van der Waals surface area contributed by atoms with Gasteiger partial charge in [0.25, 0.3) is 0 Å². The number of esters is 1. The summed E-state index contributed by atoms with van der Waals surface area (Å²) in [5.41, 5.74) is -0.903.